The highest BCUT2D eigenvalue weighted by Crippen LogP contribution is 2.40. The Morgan fingerprint density at radius 3 is 2.56 bits per heavy atom. The second-order valence-corrected chi connectivity index (χ2v) is 5.00. The van der Waals surface area contributed by atoms with Gasteiger partial charge in [0, 0.05) is 31.6 Å². The fourth-order valence-corrected chi connectivity index (χ4v) is 2.37. The topological polar surface area (TPSA) is 50.3 Å². The molecular weight excluding hydrogens is 228 g/mol. The van der Waals surface area contributed by atoms with Crippen LogP contribution < -0.4 is 10.2 Å². The Balaban J connectivity index is 1.97. The number of morpholine rings is 1. The van der Waals surface area contributed by atoms with Gasteiger partial charge in [-0.1, -0.05) is 0 Å². The molecule has 5 heteroatoms. The number of nitrogens with zero attached hydrogens (tertiary/aromatic N) is 3. The molecule has 1 aliphatic carbocycles. The molecule has 3 rings (SSSR count). The van der Waals surface area contributed by atoms with Crippen molar-refractivity contribution in [3.05, 3.63) is 11.4 Å². The maximum absolute atomic E-state index is 5.41. The second-order valence-electron chi connectivity index (χ2n) is 5.00. The number of aromatic nitrogens is 2. The summed E-state index contributed by atoms with van der Waals surface area (Å²) in [5.41, 5.74) is 1.14. The van der Waals surface area contributed by atoms with Crippen molar-refractivity contribution in [2.75, 3.05) is 43.6 Å². The monoisotopic (exact) mass is 248 g/mol. The van der Waals surface area contributed by atoms with Crippen molar-refractivity contribution in [1.29, 1.82) is 0 Å². The maximum Gasteiger partial charge on any atom is 0.137 e. The molecule has 0 atom stereocenters. The number of nitrogens with one attached hydrogen (secondary N) is 1. The molecule has 1 N–H and O–H groups in total. The zero-order valence-electron chi connectivity index (χ0n) is 11.1. The third-order valence-electron chi connectivity index (χ3n) is 3.63. The van der Waals surface area contributed by atoms with Crippen molar-refractivity contribution in [3.63, 3.8) is 0 Å². The summed E-state index contributed by atoms with van der Waals surface area (Å²) in [6.07, 6.45) is 2.46. The third kappa shape index (κ3) is 2.14. The summed E-state index contributed by atoms with van der Waals surface area (Å²) < 4.78 is 5.41. The van der Waals surface area contributed by atoms with Crippen LogP contribution in [0.3, 0.4) is 0 Å². The molecule has 2 aliphatic rings. The van der Waals surface area contributed by atoms with E-state index in [4.69, 9.17) is 9.72 Å². The number of hydrogen-bond acceptors (Lipinski definition) is 5. The van der Waals surface area contributed by atoms with E-state index in [-0.39, 0.29) is 0 Å². The van der Waals surface area contributed by atoms with Gasteiger partial charge in [0.15, 0.2) is 0 Å². The van der Waals surface area contributed by atoms with E-state index in [1.807, 2.05) is 7.05 Å². The lowest BCUT2D eigenvalue weighted by molar-refractivity contribution is 0.122. The van der Waals surface area contributed by atoms with Gasteiger partial charge < -0.3 is 15.0 Å². The molecule has 5 nitrogen and oxygen atoms in total. The maximum atomic E-state index is 5.41. The number of ether oxygens (including phenoxy) is 1. The Hall–Kier alpha value is -1.36. The van der Waals surface area contributed by atoms with Gasteiger partial charge in [0.1, 0.15) is 17.5 Å². The van der Waals surface area contributed by atoms with Crippen LogP contribution in [0.2, 0.25) is 0 Å². The molecule has 18 heavy (non-hydrogen) atoms. The Bertz CT molecular complexity index is 439. The van der Waals surface area contributed by atoms with E-state index in [2.05, 4.69) is 22.1 Å². The lowest BCUT2D eigenvalue weighted by Gasteiger charge is -2.29. The van der Waals surface area contributed by atoms with E-state index in [0.29, 0.717) is 5.92 Å². The smallest absolute Gasteiger partial charge is 0.137 e. The van der Waals surface area contributed by atoms with Crippen LogP contribution in [0.1, 0.15) is 30.1 Å². The summed E-state index contributed by atoms with van der Waals surface area (Å²) >= 11 is 0. The minimum Gasteiger partial charge on any atom is -0.378 e. The van der Waals surface area contributed by atoms with Crippen LogP contribution in [0.25, 0.3) is 0 Å². The van der Waals surface area contributed by atoms with Gasteiger partial charge in [-0.05, 0) is 19.8 Å². The van der Waals surface area contributed by atoms with Crippen molar-refractivity contribution < 1.29 is 4.74 Å². The van der Waals surface area contributed by atoms with Crippen LogP contribution >= 0.6 is 0 Å². The highest BCUT2D eigenvalue weighted by Gasteiger charge is 2.29. The molecule has 1 saturated heterocycles. The largest absolute Gasteiger partial charge is 0.378 e. The molecule has 0 bridgehead atoms. The van der Waals surface area contributed by atoms with Crippen molar-refractivity contribution in [1.82, 2.24) is 9.97 Å². The van der Waals surface area contributed by atoms with Gasteiger partial charge in [-0.3, -0.25) is 0 Å². The van der Waals surface area contributed by atoms with Gasteiger partial charge >= 0.3 is 0 Å². The van der Waals surface area contributed by atoms with Crippen molar-refractivity contribution in [3.8, 4) is 0 Å². The second kappa shape index (κ2) is 4.72. The van der Waals surface area contributed by atoms with Crippen LogP contribution in [0.5, 0.6) is 0 Å². The highest BCUT2D eigenvalue weighted by atomic mass is 16.5. The zero-order chi connectivity index (χ0) is 12.5. The first kappa shape index (κ1) is 11.7. The van der Waals surface area contributed by atoms with E-state index < -0.39 is 0 Å². The third-order valence-corrected chi connectivity index (χ3v) is 3.63. The van der Waals surface area contributed by atoms with Crippen molar-refractivity contribution >= 4 is 11.6 Å². The Morgan fingerprint density at radius 1 is 1.22 bits per heavy atom. The highest BCUT2D eigenvalue weighted by molar-refractivity contribution is 5.59. The van der Waals surface area contributed by atoms with E-state index >= 15 is 0 Å². The first-order valence-corrected chi connectivity index (χ1v) is 6.68. The summed E-state index contributed by atoms with van der Waals surface area (Å²) in [5, 5.41) is 3.19. The lowest BCUT2D eigenvalue weighted by atomic mass is 10.2. The Morgan fingerprint density at radius 2 is 1.94 bits per heavy atom. The quantitative estimate of drug-likeness (QED) is 0.879. The minimum atomic E-state index is 0.581. The SMILES string of the molecule is CNc1nc(C2CC2)nc(N2CCOCC2)c1C. The molecule has 0 spiro atoms. The van der Waals surface area contributed by atoms with Gasteiger partial charge in [-0.15, -0.1) is 0 Å². The molecule has 0 aromatic carbocycles. The van der Waals surface area contributed by atoms with Crippen LogP contribution in [0.15, 0.2) is 0 Å². The predicted molar refractivity (Wildman–Crippen MR) is 71.3 cm³/mol. The van der Waals surface area contributed by atoms with Crippen LogP contribution in [0, 0.1) is 6.92 Å². The van der Waals surface area contributed by atoms with E-state index in [0.717, 1.165) is 49.3 Å². The number of hydrogen-bond donors (Lipinski definition) is 1. The average molecular weight is 248 g/mol. The zero-order valence-corrected chi connectivity index (χ0v) is 11.1. The van der Waals surface area contributed by atoms with E-state index in [9.17, 15) is 0 Å². The minimum absolute atomic E-state index is 0.581. The van der Waals surface area contributed by atoms with Gasteiger partial charge in [-0.25, -0.2) is 9.97 Å². The van der Waals surface area contributed by atoms with Crippen LogP contribution in [-0.2, 0) is 4.74 Å². The Kier molecular flexibility index (Phi) is 3.07. The molecule has 2 fully saturated rings. The van der Waals surface area contributed by atoms with E-state index in [1.165, 1.54) is 12.8 Å². The molecular formula is C13H20N4O. The fraction of sp³-hybridized carbons (Fsp3) is 0.692. The summed E-state index contributed by atoms with van der Waals surface area (Å²) in [6.45, 7) is 5.51. The number of anilines is 2. The van der Waals surface area contributed by atoms with Crippen molar-refractivity contribution in [2.45, 2.75) is 25.7 Å². The molecule has 0 radical (unpaired) electrons. The Labute approximate surface area is 108 Å². The van der Waals surface area contributed by atoms with Crippen LogP contribution in [-0.4, -0.2) is 43.3 Å². The van der Waals surface area contributed by atoms with Gasteiger partial charge in [0.2, 0.25) is 0 Å². The molecule has 1 aromatic heterocycles. The molecule has 0 amide bonds. The molecule has 2 heterocycles. The van der Waals surface area contributed by atoms with Gasteiger partial charge in [0.05, 0.1) is 13.2 Å². The average Bonchev–Trinajstić information content (AvgIpc) is 3.24. The fourth-order valence-electron chi connectivity index (χ4n) is 2.37. The molecule has 1 saturated carbocycles. The molecule has 1 aromatic rings. The molecule has 0 unspecified atom stereocenters. The van der Waals surface area contributed by atoms with Gasteiger partial charge in [-0.2, -0.15) is 0 Å². The first-order valence-electron chi connectivity index (χ1n) is 6.68. The summed E-state index contributed by atoms with van der Waals surface area (Å²) in [5.74, 6) is 3.64. The summed E-state index contributed by atoms with van der Waals surface area (Å²) in [6, 6.07) is 0. The summed E-state index contributed by atoms with van der Waals surface area (Å²) in [4.78, 5) is 11.7. The normalized spacial score (nSPS) is 20.0. The van der Waals surface area contributed by atoms with Crippen molar-refractivity contribution in [2.24, 2.45) is 0 Å². The standard InChI is InChI=1S/C13H20N4O/c1-9-11(14-2)15-12(10-3-4-10)16-13(9)17-5-7-18-8-6-17/h10H,3-8H2,1-2H3,(H,14,15,16). The predicted octanol–water partition coefficient (Wildman–Crippen LogP) is 1.54. The lowest BCUT2D eigenvalue weighted by Crippen LogP contribution is -2.37. The summed E-state index contributed by atoms with van der Waals surface area (Å²) in [7, 11) is 1.93. The van der Waals surface area contributed by atoms with Crippen LogP contribution in [0.4, 0.5) is 11.6 Å². The molecule has 98 valence electrons. The van der Waals surface area contributed by atoms with Gasteiger partial charge in [0.25, 0.3) is 0 Å². The van der Waals surface area contributed by atoms with E-state index in [1.54, 1.807) is 0 Å². The number of rotatable bonds is 3. The first-order chi connectivity index (χ1) is 8.79. The molecule has 1 aliphatic heterocycles.